The van der Waals surface area contributed by atoms with Gasteiger partial charge in [-0.2, -0.15) is 5.26 Å². The van der Waals surface area contributed by atoms with Crippen molar-refractivity contribution in [2.24, 2.45) is 17.1 Å². The topological polar surface area (TPSA) is 70.1 Å². The second-order valence-corrected chi connectivity index (χ2v) is 6.45. The normalized spacial score (nSPS) is 18.4. The van der Waals surface area contributed by atoms with Gasteiger partial charge in [0.05, 0.1) is 17.9 Å². The lowest BCUT2D eigenvalue weighted by Crippen LogP contribution is -2.49. The molecule has 114 valence electrons. The van der Waals surface area contributed by atoms with Crippen LogP contribution in [0.25, 0.3) is 0 Å². The smallest absolute Gasteiger partial charge is 0.230 e. The maximum atomic E-state index is 13.0. The predicted molar refractivity (Wildman–Crippen MR) is 80.8 cm³/mol. The van der Waals surface area contributed by atoms with E-state index in [0.29, 0.717) is 25.4 Å². The fourth-order valence-corrected chi connectivity index (χ4v) is 3.15. The molecule has 0 aromatic heterocycles. The summed E-state index contributed by atoms with van der Waals surface area (Å²) < 4.78 is 0. The molecule has 0 aliphatic heterocycles. The van der Waals surface area contributed by atoms with Crippen molar-refractivity contribution in [3.8, 4) is 6.07 Å². The van der Waals surface area contributed by atoms with Crippen LogP contribution in [0, 0.1) is 22.7 Å². The van der Waals surface area contributed by atoms with Crippen molar-refractivity contribution >= 4 is 5.91 Å². The van der Waals surface area contributed by atoms with Crippen molar-refractivity contribution < 1.29 is 4.79 Å². The Morgan fingerprint density at radius 2 is 1.90 bits per heavy atom. The summed E-state index contributed by atoms with van der Waals surface area (Å²) in [5, 5.41) is 8.80. The van der Waals surface area contributed by atoms with Gasteiger partial charge in [-0.15, -0.1) is 0 Å². The number of nitrogens with zero attached hydrogens (tertiary/aromatic N) is 2. The molecule has 0 unspecified atom stereocenters. The fourth-order valence-electron chi connectivity index (χ4n) is 3.15. The predicted octanol–water partition coefficient (Wildman–Crippen LogP) is 2.68. The maximum Gasteiger partial charge on any atom is 0.230 e. The Morgan fingerprint density at radius 1 is 1.30 bits per heavy atom. The van der Waals surface area contributed by atoms with E-state index in [4.69, 9.17) is 11.0 Å². The van der Waals surface area contributed by atoms with Crippen LogP contribution in [0.15, 0.2) is 0 Å². The van der Waals surface area contributed by atoms with Gasteiger partial charge < -0.3 is 10.6 Å². The zero-order valence-electron chi connectivity index (χ0n) is 13.0. The lowest BCUT2D eigenvalue weighted by molar-refractivity contribution is -0.143. The molecule has 0 saturated heterocycles. The third-order valence-electron chi connectivity index (χ3n) is 4.27. The third-order valence-corrected chi connectivity index (χ3v) is 4.27. The molecule has 0 aromatic rings. The zero-order chi connectivity index (χ0) is 15.0. The van der Waals surface area contributed by atoms with E-state index in [9.17, 15) is 4.79 Å². The standard InChI is InChI=1S/C16H29N3O/c1-14(2)12-19(11-7-10-17)15(20)16(13-18)8-5-3-4-6-9-16/h14H,3-9,11-13,18H2,1-2H3. The molecule has 0 heterocycles. The molecule has 4 heteroatoms. The van der Waals surface area contributed by atoms with E-state index < -0.39 is 0 Å². The van der Waals surface area contributed by atoms with Crippen molar-refractivity contribution in [3.05, 3.63) is 0 Å². The minimum absolute atomic E-state index is 0.186. The Kier molecular flexibility index (Phi) is 7.01. The van der Waals surface area contributed by atoms with E-state index in [2.05, 4.69) is 19.9 Å². The van der Waals surface area contributed by atoms with Crippen molar-refractivity contribution in [2.45, 2.75) is 58.8 Å². The van der Waals surface area contributed by atoms with Gasteiger partial charge in [0.1, 0.15) is 0 Å². The number of nitriles is 1. The van der Waals surface area contributed by atoms with Gasteiger partial charge >= 0.3 is 0 Å². The molecular weight excluding hydrogens is 250 g/mol. The van der Waals surface area contributed by atoms with Gasteiger partial charge in [0.25, 0.3) is 0 Å². The highest BCUT2D eigenvalue weighted by Crippen LogP contribution is 2.36. The SMILES string of the molecule is CC(C)CN(CCC#N)C(=O)C1(CN)CCCCCC1. The molecule has 1 fully saturated rings. The van der Waals surface area contributed by atoms with Gasteiger partial charge in [0.2, 0.25) is 5.91 Å². The quantitative estimate of drug-likeness (QED) is 0.760. The number of hydrogen-bond acceptors (Lipinski definition) is 3. The largest absolute Gasteiger partial charge is 0.341 e. The van der Waals surface area contributed by atoms with Crippen molar-refractivity contribution in [1.29, 1.82) is 5.26 Å². The monoisotopic (exact) mass is 279 g/mol. The Hall–Kier alpha value is -1.08. The summed E-state index contributed by atoms with van der Waals surface area (Å²) in [6.07, 6.45) is 6.81. The molecule has 0 aromatic carbocycles. The summed E-state index contributed by atoms with van der Waals surface area (Å²) in [4.78, 5) is 14.9. The molecule has 1 aliphatic rings. The Labute approximate surface area is 123 Å². The first-order chi connectivity index (χ1) is 9.55. The minimum Gasteiger partial charge on any atom is -0.341 e. The lowest BCUT2D eigenvalue weighted by Gasteiger charge is -2.36. The van der Waals surface area contributed by atoms with Crippen LogP contribution < -0.4 is 5.73 Å². The zero-order valence-corrected chi connectivity index (χ0v) is 13.0. The van der Waals surface area contributed by atoms with Crippen molar-refractivity contribution in [1.82, 2.24) is 4.90 Å². The van der Waals surface area contributed by atoms with Crippen LogP contribution in [0.5, 0.6) is 0 Å². The van der Waals surface area contributed by atoms with Gasteiger partial charge in [-0.3, -0.25) is 4.79 Å². The lowest BCUT2D eigenvalue weighted by atomic mass is 9.78. The van der Waals surface area contributed by atoms with Crippen LogP contribution in [-0.2, 0) is 4.79 Å². The van der Waals surface area contributed by atoms with E-state index in [0.717, 1.165) is 32.2 Å². The average Bonchev–Trinajstić information content (AvgIpc) is 2.68. The second-order valence-electron chi connectivity index (χ2n) is 6.45. The molecule has 0 bridgehead atoms. The highest BCUT2D eigenvalue weighted by Gasteiger charge is 2.39. The van der Waals surface area contributed by atoms with Crippen LogP contribution >= 0.6 is 0 Å². The van der Waals surface area contributed by atoms with Gasteiger partial charge in [0.15, 0.2) is 0 Å². The van der Waals surface area contributed by atoms with E-state index in [1.807, 2.05) is 4.90 Å². The summed E-state index contributed by atoms with van der Waals surface area (Å²) in [6.45, 7) is 5.91. The molecule has 0 radical (unpaired) electrons. The van der Waals surface area contributed by atoms with Gasteiger partial charge in [-0.05, 0) is 18.8 Å². The number of nitrogens with two attached hydrogens (primary N) is 1. The fraction of sp³-hybridized carbons (Fsp3) is 0.875. The molecule has 0 spiro atoms. The highest BCUT2D eigenvalue weighted by atomic mass is 16.2. The van der Waals surface area contributed by atoms with E-state index in [1.165, 1.54) is 12.8 Å². The number of hydrogen-bond donors (Lipinski definition) is 1. The van der Waals surface area contributed by atoms with Crippen LogP contribution in [-0.4, -0.2) is 30.4 Å². The second kappa shape index (κ2) is 8.26. The number of rotatable bonds is 6. The molecule has 20 heavy (non-hydrogen) atoms. The maximum absolute atomic E-state index is 13.0. The molecule has 1 rings (SSSR count). The number of carbonyl (C=O) groups excluding carboxylic acids is 1. The van der Waals surface area contributed by atoms with Crippen molar-refractivity contribution in [2.75, 3.05) is 19.6 Å². The third kappa shape index (κ3) is 4.49. The van der Waals surface area contributed by atoms with Crippen LogP contribution in [0.3, 0.4) is 0 Å². The van der Waals surface area contributed by atoms with Gasteiger partial charge in [0, 0.05) is 19.6 Å². The summed E-state index contributed by atoms with van der Waals surface area (Å²) in [5.74, 6) is 0.601. The Morgan fingerprint density at radius 3 is 2.35 bits per heavy atom. The first kappa shape index (κ1) is 17.0. The van der Waals surface area contributed by atoms with Crippen molar-refractivity contribution in [3.63, 3.8) is 0 Å². The van der Waals surface area contributed by atoms with E-state index in [1.54, 1.807) is 0 Å². The molecule has 0 atom stereocenters. The summed E-state index contributed by atoms with van der Waals surface area (Å²) >= 11 is 0. The Bertz CT molecular complexity index is 338. The Balaban J connectivity index is 2.85. The van der Waals surface area contributed by atoms with E-state index >= 15 is 0 Å². The molecule has 4 nitrogen and oxygen atoms in total. The first-order valence-corrected chi connectivity index (χ1v) is 7.92. The average molecular weight is 279 g/mol. The van der Waals surface area contributed by atoms with E-state index in [-0.39, 0.29) is 11.3 Å². The number of carbonyl (C=O) groups is 1. The highest BCUT2D eigenvalue weighted by molar-refractivity contribution is 5.83. The summed E-state index contributed by atoms with van der Waals surface area (Å²) in [7, 11) is 0. The molecule has 1 amide bonds. The summed E-state index contributed by atoms with van der Waals surface area (Å²) in [6, 6.07) is 2.15. The van der Waals surface area contributed by atoms with Crippen LogP contribution in [0.2, 0.25) is 0 Å². The molecule has 2 N–H and O–H groups in total. The van der Waals surface area contributed by atoms with Crippen LogP contribution in [0.1, 0.15) is 58.8 Å². The van der Waals surface area contributed by atoms with Crippen LogP contribution in [0.4, 0.5) is 0 Å². The first-order valence-electron chi connectivity index (χ1n) is 7.92. The molecular formula is C16H29N3O. The minimum atomic E-state index is -0.374. The number of amides is 1. The molecule has 1 aliphatic carbocycles. The van der Waals surface area contributed by atoms with Gasteiger partial charge in [-0.25, -0.2) is 0 Å². The molecule has 1 saturated carbocycles. The van der Waals surface area contributed by atoms with Gasteiger partial charge in [-0.1, -0.05) is 39.5 Å². The summed E-state index contributed by atoms with van der Waals surface area (Å²) in [5.41, 5.74) is 5.62.